The number of pyridine rings is 1. The van der Waals surface area contributed by atoms with E-state index in [9.17, 15) is 19.5 Å². The number of rotatable bonds is 9. The Bertz CT molecular complexity index is 2130. The molecule has 5 rings (SSSR count). The average Bonchev–Trinajstić information content (AvgIpc) is 3.01. The maximum atomic E-state index is 15.5. The van der Waals surface area contributed by atoms with Gasteiger partial charge in [0.1, 0.15) is 36.3 Å². The highest BCUT2D eigenvalue weighted by atomic mass is 19.1. The molecule has 0 atom stereocenters. The molecule has 0 aliphatic rings. The third kappa shape index (κ3) is 7.41. The van der Waals surface area contributed by atoms with Crippen molar-refractivity contribution >= 4 is 28.2 Å². The van der Waals surface area contributed by atoms with Gasteiger partial charge in [0.25, 0.3) is 11.1 Å². The smallest absolute Gasteiger partial charge is 0.302 e. The summed E-state index contributed by atoms with van der Waals surface area (Å²) in [6.07, 6.45) is 2.89. The number of aryl methyl sites for hydroxylation is 1. The number of anilines is 2. The SMILES string of the molecule is CC(=O)OCc1c(-c2cc(Nc3ccc(OCC(C)(C)O)cn3)c(=O)n(C)n2)cccc1-n1ncc2cc(C(C)(C)C)cc(F)c2c1=O. The van der Waals surface area contributed by atoms with E-state index in [0.717, 1.165) is 14.9 Å². The van der Waals surface area contributed by atoms with Crippen LogP contribution in [0.2, 0.25) is 0 Å². The van der Waals surface area contributed by atoms with Crippen LogP contribution in [0.3, 0.4) is 0 Å². The van der Waals surface area contributed by atoms with Gasteiger partial charge in [-0.2, -0.15) is 14.9 Å². The van der Waals surface area contributed by atoms with Crippen LogP contribution in [0.1, 0.15) is 52.7 Å². The third-order valence-electron chi connectivity index (χ3n) is 7.43. The van der Waals surface area contributed by atoms with Crippen molar-refractivity contribution in [2.45, 2.75) is 59.2 Å². The minimum absolute atomic E-state index is 0.0678. The monoisotopic (exact) mass is 656 g/mol. The maximum absolute atomic E-state index is 15.5. The molecule has 2 N–H and O–H groups in total. The summed E-state index contributed by atoms with van der Waals surface area (Å²) in [5.74, 6) is -0.452. The number of benzene rings is 2. The number of fused-ring (bicyclic) bond motifs is 1. The minimum Gasteiger partial charge on any atom is -0.489 e. The van der Waals surface area contributed by atoms with Gasteiger partial charge in [0.15, 0.2) is 0 Å². The summed E-state index contributed by atoms with van der Waals surface area (Å²) in [5, 5.41) is 22.0. The van der Waals surface area contributed by atoms with Crippen molar-refractivity contribution in [3.8, 4) is 22.7 Å². The fraction of sp³-hybridized carbons (Fsp3) is 0.314. The molecule has 0 amide bonds. The van der Waals surface area contributed by atoms with Crippen molar-refractivity contribution in [1.82, 2.24) is 24.5 Å². The van der Waals surface area contributed by atoms with Crippen molar-refractivity contribution < 1.29 is 23.8 Å². The zero-order valence-electron chi connectivity index (χ0n) is 27.8. The summed E-state index contributed by atoms with van der Waals surface area (Å²) in [6, 6.07) is 12.9. The molecule has 250 valence electrons. The number of nitrogens with one attached hydrogen (secondary N) is 1. The Hall–Kier alpha value is -5.43. The summed E-state index contributed by atoms with van der Waals surface area (Å²) >= 11 is 0. The number of carbonyl (C=O) groups excluding carboxylic acids is 1. The molecule has 0 bridgehead atoms. The van der Waals surface area contributed by atoms with Gasteiger partial charge in [-0.25, -0.2) is 14.1 Å². The van der Waals surface area contributed by atoms with Crippen LogP contribution in [-0.2, 0) is 28.6 Å². The predicted molar refractivity (Wildman–Crippen MR) is 179 cm³/mol. The standard InChI is InChI=1S/C35H37FN6O6/c1-20(43)47-18-25-24(9-8-10-29(25)42-33(45)31-21(16-38-42)13-22(14-26(31)36)34(2,3)4)27-15-28(32(44)41(7)40-27)39-30-12-11-23(17-37-30)48-19-35(5,6)46/h8-17,46H,18-19H2,1-7H3,(H,37,39). The van der Waals surface area contributed by atoms with Crippen LogP contribution in [0.15, 0.2) is 70.5 Å². The Morgan fingerprint density at radius 1 is 1.02 bits per heavy atom. The number of hydrogen-bond acceptors (Lipinski definition) is 10. The highest BCUT2D eigenvalue weighted by molar-refractivity contribution is 5.83. The normalized spacial score (nSPS) is 11.9. The highest BCUT2D eigenvalue weighted by Gasteiger charge is 2.22. The molecule has 0 saturated carbocycles. The molecule has 0 radical (unpaired) electrons. The lowest BCUT2D eigenvalue weighted by Crippen LogP contribution is -2.27. The van der Waals surface area contributed by atoms with Crippen molar-refractivity contribution in [1.29, 1.82) is 0 Å². The molecule has 0 spiro atoms. The lowest BCUT2D eigenvalue weighted by molar-refractivity contribution is -0.142. The van der Waals surface area contributed by atoms with Gasteiger partial charge in [-0.15, -0.1) is 0 Å². The van der Waals surface area contributed by atoms with Crippen molar-refractivity contribution in [2.24, 2.45) is 7.05 Å². The van der Waals surface area contributed by atoms with E-state index in [2.05, 4.69) is 20.5 Å². The zero-order valence-corrected chi connectivity index (χ0v) is 27.8. The zero-order chi connectivity index (χ0) is 35.0. The largest absolute Gasteiger partial charge is 0.489 e. The van der Waals surface area contributed by atoms with Crippen LogP contribution in [0, 0.1) is 5.82 Å². The molecule has 0 aliphatic heterocycles. The van der Waals surface area contributed by atoms with E-state index in [-0.39, 0.29) is 35.4 Å². The first-order valence-electron chi connectivity index (χ1n) is 15.2. The second kappa shape index (κ2) is 13.0. The van der Waals surface area contributed by atoms with Crippen molar-refractivity contribution in [3.05, 3.63) is 98.6 Å². The molecule has 2 aromatic carbocycles. The number of ether oxygens (including phenoxy) is 2. The Morgan fingerprint density at radius 3 is 2.42 bits per heavy atom. The summed E-state index contributed by atoms with van der Waals surface area (Å²) in [4.78, 5) is 43.1. The molecule has 13 heteroatoms. The van der Waals surface area contributed by atoms with E-state index < -0.39 is 28.5 Å². The van der Waals surface area contributed by atoms with Crippen LogP contribution in [0.4, 0.5) is 15.9 Å². The summed E-state index contributed by atoms with van der Waals surface area (Å²) in [7, 11) is 1.48. The van der Waals surface area contributed by atoms with E-state index in [4.69, 9.17) is 9.47 Å². The van der Waals surface area contributed by atoms with E-state index >= 15 is 4.39 Å². The Balaban J connectivity index is 1.59. The molecular formula is C35H37FN6O6. The molecule has 5 aromatic rings. The first-order valence-corrected chi connectivity index (χ1v) is 15.2. The second-order valence-electron chi connectivity index (χ2n) is 13.1. The molecule has 0 unspecified atom stereocenters. The topological polar surface area (TPSA) is 150 Å². The molecule has 0 aliphatic carbocycles. The second-order valence-corrected chi connectivity index (χ2v) is 13.1. The average molecular weight is 657 g/mol. The molecule has 12 nitrogen and oxygen atoms in total. The number of nitrogens with zero attached hydrogens (tertiary/aromatic N) is 5. The minimum atomic E-state index is -1.02. The van der Waals surface area contributed by atoms with E-state index in [1.807, 2.05) is 20.8 Å². The van der Waals surface area contributed by atoms with Crippen LogP contribution >= 0.6 is 0 Å². The van der Waals surface area contributed by atoms with Crippen molar-refractivity contribution in [2.75, 3.05) is 11.9 Å². The van der Waals surface area contributed by atoms with Gasteiger partial charge in [0, 0.05) is 30.5 Å². The first-order chi connectivity index (χ1) is 22.5. The number of hydrogen-bond donors (Lipinski definition) is 2. The summed E-state index contributed by atoms with van der Waals surface area (Å²) in [6.45, 7) is 10.2. The van der Waals surface area contributed by atoms with Crippen LogP contribution < -0.4 is 21.2 Å². The molecule has 0 saturated heterocycles. The number of carbonyl (C=O) groups is 1. The van der Waals surface area contributed by atoms with Gasteiger partial charge < -0.3 is 19.9 Å². The van der Waals surface area contributed by atoms with Gasteiger partial charge in [-0.05, 0) is 61.2 Å². The summed E-state index contributed by atoms with van der Waals surface area (Å²) in [5.41, 5.74) is -0.297. The summed E-state index contributed by atoms with van der Waals surface area (Å²) < 4.78 is 28.6. The number of halogens is 1. The van der Waals surface area contributed by atoms with Crippen molar-refractivity contribution in [3.63, 3.8) is 0 Å². The van der Waals surface area contributed by atoms with Gasteiger partial charge >= 0.3 is 5.97 Å². The quantitative estimate of drug-likeness (QED) is 0.209. The highest BCUT2D eigenvalue weighted by Crippen LogP contribution is 2.30. The lowest BCUT2D eigenvalue weighted by atomic mass is 9.86. The van der Waals surface area contributed by atoms with Crippen LogP contribution in [-0.4, -0.2) is 47.8 Å². The van der Waals surface area contributed by atoms with Gasteiger partial charge in [0.05, 0.1) is 34.8 Å². The first kappa shape index (κ1) is 33.9. The van der Waals surface area contributed by atoms with Gasteiger partial charge in [-0.3, -0.25) is 14.4 Å². The molecule has 48 heavy (non-hydrogen) atoms. The van der Waals surface area contributed by atoms with Gasteiger partial charge in [0.2, 0.25) is 0 Å². The molecule has 3 aromatic heterocycles. The van der Waals surface area contributed by atoms with Crippen LogP contribution in [0.25, 0.3) is 27.7 Å². The Kier molecular flexibility index (Phi) is 9.18. The van der Waals surface area contributed by atoms with Crippen LogP contribution in [0.5, 0.6) is 5.75 Å². The molecular weight excluding hydrogens is 619 g/mol. The fourth-order valence-electron chi connectivity index (χ4n) is 4.94. The number of esters is 1. The lowest BCUT2D eigenvalue weighted by Gasteiger charge is -2.20. The fourth-order valence-corrected chi connectivity index (χ4v) is 4.94. The molecule has 0 fully saturated rings. The predicted octanol–water partition coefficient (Wildman–Crippen LogP) is 4.93. The van der Waals surface area contributed by atoms with E-state index in [0.29, 0.717) is 33.8 Å². The van der Waals surface area contributed by atoms with E-state index in [1.54, 1.807) is 50.2 Å². The Labute approximate surface area is 275 Å². The van der Waals surface area contributed by atoms with Gasteiger partial charge in [-0.1, -0.05) is 32.9 Å². The number of aromatic nitrogens is 5. The Morgan fingerprint density at radius 2 is 1.77 bits per heavy atom. The van der Waals surface area contributed by atoms with E-state index in [1.165, 1.54) is 38.5 Å². The number of aliphatic hydroxyl groups is 1. The maximum Gasteiger partial charge on any atom is 0.302 e. The molecule has 3 heterocycles. The third-order valence-corrected chi connectivity index (χ3v) is 7.43.